The first-order valence-electron chi connectivity index (χ1n) is 6.91. The fraction of sp³-hybridized carbons (Fsp3) is 0.929. The molecule has 1 amide bonds. The van der Waals surface area contributed by atoms with Crippen LogP contribution in [-0.2, 0) is 4.79 Å². The molecule has 1 heterocycles. The maximum Gasteiger partial charge on any atom is 0.229 e. The number of likely N-dealkylation sites (tertiary alicyclic amines) is 1. The molecule has 0 aromatic heterocycles. The highest BCUT2D eigenvalue weighted by Gasteiger charge is 2.52. The monoisotopic (exact) mass is 223 g/mol. The third kappa shape index (κ3) is 1.66. The van der Waals surface area contributed by atoms with E-state index in [1.165, 1.54) is 19.3 Å². The molecule has 1 saturated carbocycles. The number of nitrogens with zero attached hydrogens (tertiary/aromatic N) is 1. The van der Waals surface area contributed by atoms with Crippen LogP contribution in [0.3, 0.4) is 0 Å². The van der Waals surface area contributed by atoms with Crippen molar-refractivity contribution >= 4 is 5.91 Å². The third-order valence-electron chi connectivity index (χ3n) is 4.83. The molecule has 0 aromatic rings. The molecule has 2 atom stereocenters. The van der Waals surface area contributed by atoms with Crippen LogP contribution >= 0.6 is 0 Å². The molecule has 2 fully saturated rings. The van der Waals surface area contributed by atoms with E-state index >= 15 is 0 Å². The van der Waals surface area contributed by atoms with Gasteiger partial charge in [0.1, 0.15) is 0 Å². The highest BCUT2D eigenvalue weighted by Crippen LogP contribution is 2.51. The van der Waals surface area contributed by atoms with E-state index < -0.39 is 0 Å². The molecule has 1 spiro atoms. The average molecular weight is 223 g/mol. The summed E-state index contributed by atoms with van der Waals surface area (Å²) in [6, 6.07) is 0. The van der Waals surface area contributed by atoms with Crippen molar-refractivity contribution in [3.05, 3.63) is 0 Å². The first-order valence-corrected chi connectivity index (χ1v) is 6.91. The minimum absolute atomic E-state index is 0.0302. The zero-order valence-electron chi connectivity index (χ0n) is 11.0. The lowest BCUT2D eigenvalue weighted by molar-refractivity contribution is -0.141. The molecule has 2 heteroatoms. The summed E-state index contributed by atoms with van der Waals surface area (Å²) in [5, 5.41) is 0. The van der Waals surface area contributed by atoms with Crippen LogP contribution in [-0.4, -0.2) is 23.9 Å². The fourth-order valence-electron chi connectivity index (χ4n) is 3.97. The zero-order chi connectivity index (χ0) is 11.8. The van der Waals surface area contributed by atoms with Gasteiger partial charge in [0.15, 0.2) is 0 Å². The third-order valence-corrected chi connectivity index (χ3v) is 4.83. The molecule has 92 valence electrons. The highest BCUT2D eigenvalue weighted by molar-refractivity contribution is 5.85. The molecule has 1 aliphatic heterocycles. The van der Waals surface area contributed by atoms with Crippen molar-refractivity contribution in [3.63, 3.8) is 0 Å². The molecule has 1 aliphatic carbocycles. The Labute approximate surface area is 99.4 Å². The predicted octanol–water partition coefficient (Wildman–Crippen LogP) is 3.07. The average Bonchev–Trinajstić information content (AvgIpc) is 2.57. The molecule has 0 radical (unpaired) electrons. The smallest absolute Gasteiger partial charge is 0.229 e. The second-order valence-corrected chi connectivity index (χ2v) is 5.89. The van der Waals surface area contributed by atoms with Gasteiger partial charge in [-0.15, -0.1) is 0 Å². The van der Waals surface area contributed by atoms with Crippen LogP contribution in [0.25, 0.3) is 0 Å². The minimum atomic E-state index is 0.0302. The van der Waals surface area contributed by atoms with E-state index in [0.29, 0.717) is 17.7 Å². The standard InChI is InChI=1S/C14H25NO/c1-4-15-10-9-14(13(15)16)8-6-5-7-12(14)11(2)3/h11-12H,4-10H2,1-3H3. The molecule has 16 heavy (non-hydrogen) atoms. The number of hydrogen-bond donors (Lipinski definition) is 0. The minimum Gasteiger partial charge on any atom is -0.342 e. The zero-order valence-corrected chi connectivity index (χ0v) is 11.0. The molecular formula is C14H25NO. The maximum atomic E-state index is 12.6. The van der Waals surface area contributed by atoms with Gasteiger partial charge >= 0.3 is 0 Å². The molecule has 2 unspecified atom stereocenters. The van der Waals surface area contributed by atoms with Gasteiger partial charge in [-0.1, -0.05) is 26.7 Å². The lowest BCUT2D eigenvalue weighted by Crippen LogP contribution is -2.43. The Morgan fingerprint density at radius 3 is 2.69 bits per heavy atom. The van der Waals surface area contributed by atoms with Gasteiger partial charge in [-0.25, -0.2) is 0 Å². The van der Waals surface area contributed by atoms with E-state index in [1.54, 1.807) is 0 Å². The Bertz CT molecular complexity index is 274. The SMILES string of the molecule is CCN1CCC2(CCCCC2C(C)C)C1=O. The number of amides is 1. The molecule has 1 saturated heterocycles. The Balaban J connectivity index is 2.24. The summed E-state index contributed by atoms with van der Waals surface area (Å²) in [4.78, 5) is 14.6. The van der Waals surface area contributed by atoms with E-state index in [2.05, 4.69) is 25.7 Å². The van der Waals surface area contributed by atoms with Gasteiger partial charge in [-0.3, -0.25) is 4.79 Å². The van der Waals surface area contributed by atoms with Crippen LogP contribution in [0.15, 0.2) is 0 Å². The second kappa shape index (κ2) is 4.38. The van der Waals surface area contributed by atoms with Crippen molar-refractivity contribution in [1.29, 1.82) is 0 Å². The Morgan fingerprint density at radius 1 is 1.38 bits per heavy atom. The fourth-order valence-corrected chi connectivity index (χ4v) is 3.97. The summed E-state index contributed by atoms with van der Waals surface area (Å²) in [5.41, 5.74) is 0.0302. The van der Waals surface area contributed by atoms with Crippen molar-refractivity contribution in [1.82, 2.24) is 4.90 Å². The summed E-state index contributed by atoms with van der Waals surface area (Å²) in [7, 11) is 0. The Kier molecular flexibility index (Phi) is 3.27. The number of rotatable bonds is 2. The summed E-state index contributed by atoms with van der Waals surface area (Å²) < 4.78 is 0. The van der Waals surface area contributed by atoms with Gasteiger partial charge in [0.2, 0.25) is 5.91 Å². The van der Waals surface area contributed by atoms with Crippen LogP contribution < -0.4 is 0 Å². The van der Waals surface area contributed by atoms with Gasteiger partial charge in [-0.05, 0) is 38.0 Å². The van der Waals surface area contributed by atoms with Crippen molar-refractivity contribution < 1.29 is 4.79 Å². The van der Waals surface area contributed by atoms with Gasteiger partial charge in [0.25, 0.3) is 0 Å². The van der Waals surface area contributed by atoms with Crippen LogP contribution in [0.5, 0.6) is 0 Å². The van der Waals surface area contributed by atoms with E-state index in [-0.39, 0.29) is 5.41 Å². The molecule has 2 nitrogen and oxygen atoms in total. The molecule has 0 N–H and O–H groups in total. The lowest BCUT2D eigenvalue weighted by Gasteiger charge is -2.42. The Morgan fingerprint density at radius 2 is 2.12 bits per heavy atom. The molecule has 0 aromatic carbocycles. The van der Waals surface area contributed by atoms with Crippen LogP contribution in [0.1, 0.15) is 52.9 Å². The van der Waals surface area contributed by atoms with E-state index in [4.69, 9.17) is 0 Å². The molecule has 0 bridgehead atoms. The van der Waals surface area contributed by atoms with E-state index in [1.807, 2.05) is 0 Å². The van der Waals surface area contributed by atoms with Gasteiger partial charge in [0.05, 0.1) is 5.41 Å². The molecular weight excluding hydrogens is 198 g/mol. The first kappa shape index (κ1) is 11.9. The number of hydrogen-bond acceptors (Lipinski definition) is 1. The quantitative estimate of drug-likeness (QED) is 0.704. The van der Waals surface area contributed by atoms with Crippen LogP contribution in [0.2, 0.25) is 0 Å². The second-order valence-electron chi connectivity index (χ2n) is 5.89. The topological polar surface area (TPSA) is 20.3 Å². The summed E-state index contributed by atoms with van der Waals surface area (Å²) in [6.07, 6.45) is 6.10. The van der Waals surface area contributed by atoms with Crippen molar-refractivity contribution in [2.45, 2.75) is 52.9 Å². The van der Waals surface area contributed by atoms with Crippen molar-refractivity contribution in [3.8, 4) is 0 Å². The first-order chi connectivity index (χ1) is 7.62. The van der Waals surface area contributed by atoms with E-state index in [0.717, 1.165) is 25.9 Å². The maximum absolute atomic E-state index is 12.6. The van der Waals surface area contributed by atoms with Gasteiger partial charge in [-0.2, -0.15) is 0 Å². The summed E-state index contributed by atoms with van der Waals surface area (Å²) in [5.74, 6) is 1.75. The van der Waals surface area contributed by atoms with Gasteiger partial charge in [0, 0.05) is 13.1 Å². The van der Waals surface area contributed by atoms with Crippen molar-refractivity contribution in [2.75, 3.05) is 13.1 Å². The molecule has 2 aliphatic rings. The van der Waals surface area contributed by atoms with Crippen molar-refractivity contribution in [2.24, 2.45) is 17.3 Å². The Hall–Kier alpha value is -0.530. The summed E-state index contributed by atoms with van der Waals surface area (Å²) >= 11 is 0. The number of carbonyl (C=O) groups is 1. The lowest BCUT2D eigenvalue weighted by atomic mass is 9.61. The van der Waals surface area contributed by atoms with E-state index in [9.17, 15) is 4.79 Å². The highest BCUT2D eigenvalue weighted by atomic mass is 16.2. The molecule has 2 rings (SSSR count). The van der Waals surface area contributed by atoms with Crippen LogP contribution in [0, 0.1) is 17.3 Å². The predicted molar refractivity (Wildman–Crippen MR) is 66.1 cm³/mol. The van der Waals surface area contributed by atoms with Gasteiger partial charge < -0.3 is 4.90 Å². The van der Waals surface area contributed by atoms with Crippen LogP contribution in [0.4, 0.5) is 0 Å². The normalized spacial score (nSPS) is 35.4. The summed E-state index contributed by atoms with van der Waals surface area (Å²) in [6.45, 7) is 8.58. The largest absolute Gasteiger partial charge is 0.342 e. The number of carbonyl (C=O) groups excluding carboxylic acids is 1.